The molecule has 0 bridgehead atoms. The highest BCUT2D eigenvalue weighted by Crippen LogP contribution is 2.30. The van der Waals surface area contributed by atoms with Crippen LogP contribution in [0.4, 0.5) is 10.3 Å². The molecule has 90 valence electrons. The van der Waals surface area contributed by atoms with Gasteiger partial charge in [-0.2, -0.15) is 0 Å². The summed E-state index contributed by atoms with van der Waals surface area (Å²) in [6.45, 7) is 0. The fraction of sp³-hybridized carbons (Fsp3) is 0. The third-order valence-electron chi connectivity index (χ3n) is 2.75. The molecule has 0 aliphatic rings. The van der Waals surface area contributed by atoms with Gasteiger partial charge in [-0.25, -0.2) is 9.37 Å². The second kappa shape index (κ2) is 4.10. The van der Waals surface area contributed by atoms with Crippen LogP contribution in [-0.2, 0) is 0 Å². The molecular formula is C13H9BrFN3. The van der Waals surface area contributed by atoms with Crippen LogP contribution < -0.4 is 5.73 Å². The predicted molar refractivity (Wildman–Crippen MR) is 73.1 cm³/mol. The van der Waals surface area contributed by atoms with E-state index in [9.17, 15) is 4.39 Å². The smallest absolute Gasteiger partial charge is 0.206 e. The van der Waals surface area contributed by atoms with Crippen molar-refractivity contribution in [1.82, 2.24) is 9.55 Å². The third-order valence-corrected chi connectivity index (χ3v) is 3.39. The quantitative estimate of drug-likeness (QED) is 0.747. The summed E-state index contributed by atoms with van der Waals surface area (Å²) >= 11 is 3.34. The summed E-state index contributed by atoms with van der Waals surface area (Å²) in [4.78, 5) is 4.22. The number of aromatic nitrogens is 2. The van der Waals surface area contributed by atoms with Gasteiger partial charge in [-0.15, -0.1) is 0 Å². The second-order valence-electron chi connectivity index (χ2n) is 3.86. The lowest BCUT2D eigenvalue weighted by Crippen LogP contribution is -2.03. The maximum atomic E-state index is 14.0. The number of hydrogen-bond acceptors (Lipinski definition) is 2. The van der Waals surface area contributed by atoms with Gasteiger partial charge in [0.2, 0.25) is 5.95 Å². The van der Waals surface area contributed by atoms with Crippen LogP contribution in [0.3, 0.4) is 0 Å². The molecule has 0 aliphatic carbocycles. The fourth-order valence-electron chi connectivity index (χ4n) is 1.98. The molecule has 2 N–H and O–H groups in total. The van der Waals surface area contributed by atoms with E-state index in [1.165, 1.54) is 6.07 Å². The summed E-state index contributed by atoms with van der Waals surface area (Å²) in [5.41, 5.74) is 7.79. The first-order valence-corrected chi connectivity index (χ1v) is 6.15. The Labute approximate surface area is 111 Å². The van der Waals surface area contributed by atoms with Crippen molar-refractivity contribution in [2.24, 2.45) is 0 Å². The van der Waals surface area contributed by atoms with Crippen LogP contribution in [0.5, 0.6) is 0 Å². The minimum atomic E-state index is -0.348. The number of fused-ring (bicyclic) bond motifs is 1. The minimum Gasteiger partial charge on any atom is -0.369 e. The van der Waals surface area contributed by atoms with E-state index in [1.807, 2.05) is 24.3 Å². The van der Waals surface area contributed by atoms with Crippen molar-refractivity contribution in [3.8, 4) is 5.69 Å². The van der Waals surface area contributed by atoms with Gasteiger partial charge >= 0.3 is 0 Å². The van der Waals surface area contributed by atoms with Crippen LogP contribution in [-0.4, -0.2) is 9.55 Å². The van der Waals surface area contributed by atoms with Crippen molar-refractivity contribution < 1.29 is 4.39 Å². The minimum absolute atomic E-state index is 0.266. The Hall–Kier alpha value is -1.88. The van der Waals surface area contributed by atoms with E-state index >= 15 is 0 Å². The van der Waals surface area contributed by atoms with Gasteiger partial charge in [0.05, 0.1) is 16.7 Å². The zero-order chi connectivity index (χ0) is 12.7. The molecule has 0 aliphatic heterocycles. The summed E-state index contributed by atoms with van der Waals surface area (Å²) in [6, 6.07) is 12.2. The zero-order valence-electron chi connectivity index (χ0n) is 9.27. The Kier molecular flexibility index (Phi) is 2.56. The molecule has 0 fully saturated rings. The third kappa shape index (κ3) is 1.59. The van der Waals surface area contributed by atoms with E-state index in [4.69, 9.17) is 5.73 Å². The van der Waals surface area contributed by atoms with Crippen LogP contribution in [0.15, 0.2) is 46.9 Å². The van der Waals surface area contributed by atoms with Crippen LogP contribution >= 0.6 is 15.9 Å². The highest BCUT2D eigenvalue weighted by atomic mass is 79.9. The van der Waals surface area contributed by atoms with Gasteiger partial charge < -0.3 is 5.73 Å². The number of imidazole rings is 1. The van der Waals surface area contributed by atoms with Crippen molar-refractivity contribution in [3.63, 3.8) is 0 Å². The highest BCUT2D eigenvalue weighted by Gasteiger charge is 2.15. The first-order chi connectivity index (χ1) is 8.68. The molecule has 3 aromatic rings. The number of para-hydroxylation sites is 3. The molecule has 5 heteroatoms. The summed E-state index contributed by atoms with van der Waals surface area (Å²) in [7, 11) is 0. The van der Waals surface area contributed by atoms with E-state index in [0.717, 1.165) is 11.0 Å². The van der Waals surface area contributed by atoms with Gasteiger partial charge in [-0.1, -0.05) is 18.2 Å². The van der Waals surface area contributed by atoms with Crippen LogP contribution in [0.25, 0.3) is 16.7 Å². The highest BCUT2D eigenvalue weighted by molar-refractivity contribution is 9.10. The number of rotatable bonds is 1. The summed E-state index contributed by atoms with van der Waals surface area (Å²) < 4.78 is 16.2. The lowest BCUT2D eigenvalue weighted by Gasteiger charge is -2.09. The summed E-state index contributed by atoms with van der Waals surface area (Å²) in [6.07, 6.45) is 0. The SMILES string of the molecule is Nc1nc2ccccc2n1-c1c(F)cccc1Br. The van der Waals surface area contributed by atoms with Gasteiger partial charge in [0.15, 0.2) is 0 Å². The average molecular weight is 306 g/mol. The molecule has 0 spiro atoms. The number of benzene rings is 2. The first-order valence-electron chi connectivity index (χ1n) is 5.36. The molecule has 0 atom stereocenters. The second-order valence-corrected chi connectivity index (χ2v) is 4.72. The van der Waals surface area contributed by atoms with E-state index in [1.54, 1.807) is 16.7 Å². The molecule has 3 nitrogen and oxygen atoms in total. The van der Waals surface area contributed by atoms with Crippen molar-refractivity contribution in [1.29, 1.82) is 0 Å². The maximum absolute atomic E-state index is 14.0. The number of nitrogens with zero attached hydrogens (tertiary/aromatic N) is 2. The van der Waals surface area contributed by atoms with Crippen LogP contribution in [0, 0.1) is 5.82 Å². The molecule has 1 heterocycles. The Balaban J connectivity index is 2.42. The number of hydrogen-bond donors (Lipinski definition) is 1. The predicted octanol–water partition coefficient (Wildman–Crippen LogP) is 3.51. The molecule has 0 unspecified atom stereocenters. The molecule has 3 rings (SSSR count). The largest absolute Gasteiger partial charge is 0.369 e. The molecule has 0 amide bonds. The first kappa shape index (κ1) is 11.2. The maximum Gasteiger partial charge on any atom is 0.206 e. The van der Waals surface area contributed by atoms with Gasteiger partial charge in [-0.3, -0.25) is 4.57 Å². The fourth-order valence-corrected chi connectivity index (χ4v) is 2.50. The van der Waals surface area contributed by atoms with Crippen LogP contribution in [0.2, 0.25) is 0 Å². The van der Waals surface area contributed by atoms with Crippen LogP contribution in [0.1, 0.15) is 0 Å². The number of halogens is 2. The average Bonchev–Trinajstić information content (AvgIpc) is 2.66. The molecular weight excluding hydrogens is 297 g/mol. The standard InChI is InChI=1S/C13H9BrFN3/c14-8-4-3-5-9(15)12(8)18-11-7-2-1-6-10(11)17-13(18)16/h1-7H,(H2,16,17). The lowest BCUT2D eigenvalue weighted by atomic mass is 10.2. The van der Waals surface area contributed by atoms with Gasteiger partial charge in [-0.05, 0) is 40.2 Å². The Morgan fingerprint density at radius 1 is 1.11 bits per heavy atom. The van der Waals surface area contributed by atoms with Gasteiger partial charge in [0.25, 0.3) is 0 Å². The van der Waals surface area contributed by atoms with Crippen molar-refractivity contribution in [2.45, 2.75) is 0 Å². The van der Waals surface area contributed by atoms with E-state index in [2.05, 4.69) is 20.9 Å². The van der Waals surface area contributed by atoms with Crippen molar-refractivity contribution >= 4 is 32.9 Å². The zero-order valence-corrected chi connectivity index (χ0v) is 10.9. The molecule has 2 aromatic carbocycles. The Bertz CT molecular complexity index is 716. The van der Waals surface area contributed by atoms with Gasteiger partial charge in [0, 0.05) is 4.47 Å². The van der Waals surface area contributed by atoms with E-state index in [0.29, 0.717) is 10.2 Å². The summed E-state index contributed by atoms with van der Waals surface area (Å²) in [5, 5.41) is 0. The number of anilines is 1. The molecule has 1 aromatic heterocycles. The molecule has 18 heavy (non-hydrogen) atoms. The number of nitrogens with two attached hydrogens (primary N) is 1. The normalized spacial score (nSPS) is 11.0. The number of nitrogen functional groups attached to an aromatic ring is 1. The van der Waals surface area contributed by atoms with Crippen molar-refractivity contribution in [3.05, 3.63) is 52.8 Å². The Morgan fingerprint density at radius 3 is 2.67 bits per heavy atom. The topological polar surface area (TPSA) is 43.8 Å². The van der Waals surface area contributed by atoms with Crippen molar-refractivity contribution in [2.75, 3.05) is 5.73 Å². The molecule has 0 radical (unpaired) electrons. The lowest BCUT2D eigenvalue weighted by molar-refractivity contribution is 0.619. The summed E-state index contributed by atoms with van der Waals surface area (Å²) in [5.74, 6) is -0.0822. The van der Waals surface area contributed by atoms with E-state index < -0.39 is 0 Å². The molecule has 0 saturated heterocycles. The van der Waals surface area contributed by atoms with E-state index in [-0.39, 0.29) is 11.8 Å². The monoisotopic (exact) mass is 305 g/mol. The van der Waals surface area contributed by atoms with Gasteiger partial charge in [0.1, 0.15) is 5.82 Å². The molecule has 0 saturated carbocycles. The Morgan fingerprint density at radius 2 is 1.89 bits per heavy atom.